The van der Waals surface area contributed by atoms with Gasteiger partial charge in [-0.2, -0.15) is 5.10 Å². The van der Waals surface area contributed by atoms with Crippen LogP contribution in [0.2, 0.25) is 10.0 Å². The van der Waals surface area contributed by atoms with Crippen LogP contribution in [0.3, 0.4) is 0 Å². The van der Waals surface area contributed by atoms with E-state index in [1.807, 2.05) is 18.2 Å². The Hall–Kier alpha value is -2.30. The largest absolute Gasteiger partial charge is 0.364 e. The quantitative estimate of drug-likeness (QED) is 0.679. The molecular formula is C20H17Cl2N3O. The molecule has 1 aromatic heterocycles. The number of nitrogens with zero attached hydrogens (tertiary/aromatic N) is 3. The van der Waals surface area contributed by atoms with Gasteiger partial charge in [-0.05, 0) is 35.2 Å². The van der Waals surface area contributed by atoms with Crippen LogP contribution in [0.1, 0.15) is 16.7 Å². The van der Waals surface area contributed by atoms with Crippen LogP contribution in [0.4, 0.5) is 5.69 Å². The van der Waals surface area contributed by atoms with E-state index < -0.39 is 0 Å². The maximum absolute atomic E-state index is 12.7. The summed E-state index contributed by atoms with van der Waals surface area (Å²) in [5, 5.41) is 5.21. The number of halogens is 2. The Morgan fingerprint density at radius 1 is 1.00 bits per heavy atom. The fraction of sp³-hybridized carbons (Fsp3) is 0.200. The van der Waals surface area contributed by atoms with Crippen molar-refractivity contribution >= 4 is 28.9 Å². The number of rotatable bonds is 3. The van der Waals surface area contributed by atoms with Crippen molar-refractivity contribution in [3.63, 3.8) is 0 Å². The summed E-state index contributed by atoms with van der Waals surface area (Å²) in [6.07, 6.45) is 2.62. The van der Waals surface area contributed by atoms with Gasteiger partial charge in [-0.1, -0.05) is 59.6 Å². The summed E-state index contributed by atoms with van der Waals surface area (Å²) in [5.74, 6) is 0. The lowest BCUT2D eigenvalue weighted by Gasteiger charge is -2.31. The molecule has 0 aliphatic carbocycles. The molecule has 4 nitrogen and oxygen atoms in total. The van der Waals surface area contributed by atoms with Gasteiger partial charge >= 0.3 is 0 Å². The highest BCUT2D eigenvalue weighted by Gasteiger charge is 2.20. The lowest BCUT2D eigenvalue weighted by molar-refractivity contribution is 0.632. The second-order valence-corrected chi connectivity index (χ2v) is 7.19. The van der Waals surface area contributed by atoms with Crippen LogP contribution in [-0.2, 0) is 19.5 Å². The molecule has 132 valence electrons. The minimum absolute atomic E-state index is 0.216. The fourth-order valence-corrected chi connectivity index (χ4v) is 3.65. The zero-order valence-electron chi connectivity index (χ0n) is 14.0. The van der Waals surface area contributed by atoms with E-state index in [4.69, 9.17) is 23.2 Å². The van der Waals surface area contributed by atoms with Gasteiger partial charge in [-0.25, -0.2) is 4.68 Å². The number of hydrogen-bond acceptors (Lipinski definition) is 3. The maximum atomic E-state index is 12.7. The molecule has 0 spiro atoms. The van der Waals surface area contributed by atoms with Crippen molar-refractivity contribution in [2.75, 3.05) is 11.4 Å². The number of fused-ring (bicyclic) bond motifs is 1. The molecule has 2 aromatic carbocycles. The zero-order chi connectivity index (χ0) is 18.1. The molecule has 0 amide bonds. The van der Waals surface area contributed by atoms with Crippen molar-refractivity contribution in [2.45, 2.75) is 19.5 Å². The smallest absolute Gasteiger partial charge is 0.287 e. The highest BCUT2D eigenvalue weighted by atomic mass is 35.5. The number of hydrogen-bond donors (Lipinski definition) is 0. The van der Waals surface area contributed by atoms with Crippen molar-refractivity contribution in [3.05, 3.63) is 91.8 Å². The van der Waals surface area contributed by atoms with Crippen LogP contribution in [0.15, 0.2) is 59.5 Å². The van der Waals surface area contributed by atoms with E-state index in [1.54, 1.807) is 18.3 Å². The van der Waals surface area contributed by atoms with E-state index in [0.717, 1.165) is 25.1 Å². The molecule has 26 heavy (non-hydrogen) atoms. The van der Waals surface area contributed by atoms with Crippen molar-refractivity contribution in [3.8, 4) is 0 Å². The van der Waals surface area contributed by atoms with E-state index in [2.05, 4.69) is 28.2 Å². The van der Waals surface area contributed by atoms with Gasteiger partial charge in [0.1, 0.15) is 5.02 Å². The first kappa shape index (κ1) is 17.1. The third kappa shape index (κ3) is 3.35. The van der Waals surface area contributed by atoms with Gasteiger partial charge in [-0.3, -0.25) is 4.79 Å². The second-order valence-electron chi connectivity index (χ2n) is 6.37. The minimum atomic E-state index is -0.280. The van der Waals surface area contributed by atoms with Gasteiger partial charge in [0.15, 0.2) is 0 Å². The van der Waals surface area contributed by atoms with Crippen LogP contribution in [0.5, 0.6) is 0 Å². The van der Waals surface area contributed by atoms with Gasteiger partial charge in [0.2, 0.25) is 0 Å². The Labute approximate surface area is 161 Å². The average molecular weight is 386 g/mol. The second kappa shape index (κ2) is 7.14. The van der Waals surface area contributed by atoms with Gasteiger partial charge < -0.3 is 4.90 Å². The molecule has 6 heteroatoms. The maximum Gasteiger partial charge on any atom is 0.287 e. The third-order valence-corrected chi connectivity index (χ3v) is 5.29. The molecule has 0 atom stereocenters. The van der Waals surface area contributed by atoms with E-state index in [-0.39, 0.29) is 10.6 Å². The Bertz CT molecular complexity index is 999. The molecule has 0 radical (unpaired) electrons. The predicted octanol–water partition coefficient (Wildman–Crippen LogP) is 4.16. The molecule has 1 aliphatic rings. The first-order chi connectivity index (χ1) is 12.6. The number of aromatic nitrogens is 2. The molecule has 2 heterocycles. The van der Waals surface area contributed by atoms with E-state index in [0.29, 0.717) is 17.3 Å². The molecule has 0 N–H and O–H groups in total. The van der Waals surface area contributed by atoms with E-state index >= 15 is 0 Å². The summed E-state index contributed by atoms with van der Waals surface area (Å²) in [5.41, 5.74) is 3.97. The summed E-state index contributed by atoms with van der Waals surface area (Å²) in [4.78, 5) is 14.8. The highest BCUT2D eigenvalue weighted by Crippen LogP contribution is 2.27. The molecule has 0 saturated heterocycles. The van der Waals surface area contributed by atoms with Crippen LogP contribution in [0.25, 0.3) is 0 Å². The molecule has 0 fully saturated rings. The Kier molecular flexibility index (Phi) is 4.70. The SMILES string of the molecule is O=c1c(Cl)c(N2CCc3ccccc3C2)cnn1Cc1ccc(Cl)cc1. The van der Waals surface area contributed by atoms with Gasteiger partial charge in [0.25, 0.3) is 5.56 Å². The first-order valence-electron chi connectivity index (χ1n) is 8.43. The van der Waals surface area contributed by atoms with Gasteiger partial charge in [-0.15, -0.1) is 0 Å². The lowest BCUT2D eigenvalue weighted by atomic mass is 10.00. The molecular weight excluding hydrogens is 369 g/mol. The summed E-state index contributed by atoms with van der Waals surface area (Å²) < 4.78 is 1.38. The Balaban J connectivity index is 1.60. The molecule has 3 aromatic rings. The minimum Gasteiger partial charge on any atom is -0.364 e. The van der Waals surface area contributed by atoms with Crippen LogP contribution >= 0.6 is 23.2 Å². The summed E-state index contributed by atoms with van der Waals surface area (Å²) in [6.45, 7) is 1.91. The standard InChI is InChI=1S/C20H17Cl2N3O/c21-17-7-5-14(6-8-17)12-25-20(26)19(22)18(11-23-25)24-10-9-15-3-1-2-4-16(15)13-24/h1-8,11H,9-10,12-13H2. The molecule has 0 bridgehead atoms. The van der Waals surface area contributed by atoms with E-state index in [9.17, 15) is 4.79 Å². The first-order valence-corrected chi connectivity index (χ1v) is 9.19. The molecule has 1 aliphatic heterocycles. The van der Waals surface area contributed by atoms with Crippen molar-refractivity contribution < 1.29 is 0 Å². The van der Waals surface area contributed by atoms with E-state index in [1.165, 1.54) is 15.8 Å². The van der Waals surface area contributed by atoms with Crippen LogP contribution in [-0.4, -0.2) is 16.3 Å². The molecule has 0 saturated carbocycles. The summed E-state index contributed by atoms with van der Waals surface area (Å²) >= 11 is 12.3. The Morgan fingerprint density at radius 3 is 2.50 bits per heavy atom. The fourth-order valence-electron chi connectivity index (χ4n) is 3.25. The molecule has 0 unspecified atom stereocenters. The molecule has 4 rings (SSSR count). The van der Waals surface area contributed by atoms with Crippen LogP contribution in [0, 0.1) is 0 Å². The summed E-state index contributed by atoms with van der Waals surface area (Å²) in [7, 11) is 0. The summed E-state index contributed by atoms with van der Waals surface area (Å²) in [6, 6.07) is 15.7. The number of anilines is 1. The highest BCUT2D eigenvalue weighted by molar-refractivity contribution is 6.33. The normalized spacial score (nSPS) is 13.5. The lowest BCUT2D eigenvalue weighted by Crippen LogP contribution is -2.33. The third-order valence-electron chi connectivity index (χ3n) is 4.68. The number of benzene rings is 2. The zero-order valence-corrected chi connectivity index (χ0v) is 15.5. The predicted molar refractivity (Wildman–Crippen MR) is 105 cm³/mol. The van der Waals surface area contributed by atoms with Crippen molar-refractivity contribution in [1.29, 1.82) is 0 Å². The van der Waals surface area contributed by atoms with Crippen molar-refractivity contribution in [2.24, 2.45) is 0 Å². The van der Waals surface area contributed by atoms with Crippen molar-refractivity contribution in [1.82, 2.24) is 9.78 Å². The van der Waals surface area contributed by atoms with Gasteiger partial charge in [0, 0.05) is 18.1 Å². The topological polar surface area (TPSA) is 38.1 Å². The Morgan fingerprint density at radius 2 is 1.73 bits per heavy atom. The van der Waals surface area contributed by atoms with Crippen LogP contribution < -0.4 is 10.5 Å². The van der Waals surface area contributed by atoms with Gasteiger partial charge in [0.05, 0.1) is 18.4 Å². The monoisotopic (exact) mass is 385 g/mol. The average Bonchev–Trinajstić information content (AvgIpc) is 2.67.